The molecule has 1 unspecified atom stereocenters. The maximum atomic E-state index is 9.19. The van der Waals surface area contributed by atoms with Crippen molar-refractivity contribution in [1.82, 2.24) is 10.2 Å². The molecule has 1 fully saturated rings. The molecule has 96 valence electrons. The molecule has 1 N–H and O–H groups in total. The Morgan fingerprint density at radius 3 is 2.89 bits per heavy atom. The molecular formula is C15H16N4. The Morgan fingerprint density at radius 1 is 1.37 bits per heavy atom. The van der Waals surface area contributed by atoms with Gasteiger partial charge in [-0.1, -0.05) is 31.0 Å². The Hall–Kier alpha value is -2.15. The summed E-state index contributed by atoms with van der Waals surface area (Å²) < 4.78 is 0. The van der Waals surface area contributed by atoms with Gasteiger partial charge in [0.05, 0.1) is 11.2 Å². The van der Waals surface area contributed by atoms with Crippen LogP contribution in [0.1, 0.15) is 31.9 Å². The molecule has 1 heterocycles. The SMILES string of the molecule is CC(CC1CC1)Nc1c(C#N)nnc2ccccc12. The first-order chi connectivity index (χ1) is 9.28. The number of aromatic nitrogens is 2. The number of rotatable bonds is 4. The maximum absolute atomic E-state index is 9.19. The second-order valence-corrected chi connectivity index (χ2v) is 5.28. The van der Waals surface area contributed by atoms with E-state index in [1.165, 1.54) is 12.8 Å². The second kappa shape index (κ2) is 4.85. The number of nitrogens with one attached hydrogen (secondary N) is 1. The van der Waals surface area contributed by atoms with Gasteiger partial charge >= 0.3 is 0 Å². The molecule has 4 nitrogen and oxygen atoms in total. The summed E-state index contributed by atoms with van der Waals surface area (Å²) in [6.45, 7) is 2.16. The third kappa shape index (κ3) is 2.50. The van der Waals surface area contributed by atoms with E-state index >= 15 is 0 Å². The summed E-state index contributed by atoms with van der Waals surface area (Å²) in [5, 5.41) is 21.7. The van der Waals surface area contributed by atoms with Gasteiger partial charge in [-0.25, -0.2) is 0 Å². The highest BCUT2D eigenvalue weighted by Crippen LogP contribution is 2.34. The number of nitriles is 1. The first-order valence-corrected chi connectivity index (χ1v) is 6.70. The Bertz CT molecular complexity index is 640. The largest absolute Gasteiger partial charge is 0.380 e. The van der Waals surface area contributed by atoms with E-state index in [0.29, 0.717) is 11.7 Å². The second-order valence-electron chi connectivity index (χ2n) is 5.28. The van der Waals surface area contributed by atoms with Crippen LogP contribution in [0.3, 0.4) is 0 Å². The third-order valence-corrected chi connectivity index (χ3v) is 3.55. The summed E-state index contributed by atoms with van der Waals surface area (Å²) in [4.78, 5) is 0. The molecule has 1 atom stereocenters. The number of nitrogens with zero attached hydrogens (tertiary/aromatic N) is 3. The van der Waals surface area contributed by atoms with Gasteiger partial charge in [-0.3, -0.25) is 0 Å². The Morgan fingerprint density at radius 2 is 2.16 bits per heavy atom. The fourth-order valence-electron chi connectivity index (χ4n) is 2.44. The molecule has 1 aromatic heterocycles. The average molecular weight is 252 g/mol. The summed E-state index contributed by atoms with van der Waals surface area (Å²) in [6, 6.07) is 10.3. The smallest absolute Gasteiger partial charge is 0.186 e. The Balaban J connectivity index is 1.96. The summed E-state index contributed by atoms with van der Waals surface area (Å²) in [7, 11) is 0. The van der Waals surface area contributed by atoms with Crippen LogP contribution in [-0.4, -0.2) is 16.2 Å². The van der Waals surface area contributed by atoms with Gasteiger partial charge < -0.3 is 5.32 Å². The van der Waals surface area contributed by atoms with Crippen LogP contribution in [0, 0.1) is 17.2 Å². The van der Waals surface area contributed by atoms with Gasteiger partial charge in [-0.2, -0.15) is 5.26 Å². The number of benzene rings is 1. The molecule has 19 heavy (non-hydrogen) atoms. The van der Waals surface area contributed by atoms with Gasteiger partial charge in [0.15, 0.2) is 5.69 Å². The van der Waals surface area contributed by atoms with E-state index in [1.54, 1.807) is 0 Å². The van der Waals surface area contributed by atoms with Crippen LogP contribution in [0.15, 0.2) is 24.3 Å². The molecule has 0 spiro atoms. The molecule has 0 saturated heterocycles. The zero-order valence-corrected chi connectivity index (χ0v) is 10.9. The molecule has 0 amide bonds. The molecule has 1 aromatic carbocycles. The first kappa shape index (κ1) is 11.9. The predicted octanol–water partition coefficient (Wildman–Crippen LogP) is 3.10. The molecule has 1 aliphatic carbocycles. The zero-order chi connectivity index (χ0) is 13.2. The molecule has 3 rings (SSSR count). The van der Waals surface area contributed by atoms with Crippen molar-refractivity contribution >= 4 is 16.6 Å². The van der Waals surface area contributed by atoms with Crippen LogP contribution in [0.4, 0.5) is 5.69 Å². The van der Waals surface area contributed by atoms with Gasteiger partial charge in [-0.15, -0.1) is 10.2 Å². The third-order valence-electron chi connectivity index (χ3n) is 3.55. The molecule has 0 aliphatic heterocycles. The van der Waals surface area contributed by atoms with Crippen LogP contribution in [0.5, 0.6) is 0 Å². The molecule has 0 bridgehead atoms. The van der Waals surface area contributed by atoms with Crippen molar-refractivity contribution in [3.05, 3.63) is 30.0 Å². The fourth-order valence-corrected chi connectivity index (χ4v) is 2.44. The van der Waals surface area contributed by atoms with Crippen molar-refractivity contribution in [2.24, 2.45) is 5.92 Å². The zero-order valence-electron chi connectivity index (χ0n) is 10.9. The van der Waals surface area contributed by atoms with Gasteiger partial charge in [0.1, 0.15) is 6.07 Å². The normalized spacial score (nSPS) is 16.0. The summed E-state index contributed by atoms with van der Waals surface area (Å²) in [5.74, 6) is 0.856. The van der Waals surface area contributed by atoms with Crippen molar-refractivity contribution in [3.8, 4) is 6.07 Å². The minimum Gasteiger partial charge on any atom is -0.380 e. The molecular weight excluding hydrogens is 236 g/mol. The van der Waals surface area contributed by atoms with E-state index in [-0.39, 0.29) is 0 Å². The quantitative estimate of drug-likeness (QED) is 0.908. The molecule has 2 aromatic rings. The molecule has 1 aliphatic rings. The van der Waals surface area contributed by atoms with Crippen molar-refractivity contribution in [2.75, 3.05) is 5.32 Å². The number of hydrogen-bond donors (Lipinski definition) is 1. The van der Waals surface area contributed by atoms with Gasteiger partial charge in [0.2, 0.25) is 0 Å². The Kier molecular flexibility index (Phi) is 3.04. The van der Waals surface area contributed by atoms with E-state index in [4.69, 9.17) is 0 Å². The van der Waals surface area contributed by atoms with Gasteiger partial charge in [0, 0.05) is 11.4 Å². The lowest BCUT2D eigenvalue weighted by atomic mass is 10.1. The maximum Gasteiger partial charge on any atom is 0.186 e. The Labute approximate surface area is 112 Å². The lowest BCUT2D eigenvalue weighted by molar-refractivity contribution is 0.642. The van der Waals surface area contributed by atoms with Gasteiger partial charge in [0.25, 0.3) is 0 Å². The molecule has 0 radical (unpaired) electrons. The predicted molar refractivity (Wildman–Crippen MR) is 74.7 cm³/mol. The van der Waals surface area contributed by atoms with Crippen LogP contribution in [0.25, 0.3) is 10.9 Å². The van der Waals surface area contributed by atoms with E-state index in [1.807, 2.05) is 24.3 Å². The van der Waals surface area contributed by atoms with Crippen LogP contribution in [0.2, 0.25) is 0 Å². The van der Waals surface area contributed by atoms with Crippen molar-refractivity contribution in [1.29, 1.82) is 5.26 Å². The van der Waals surface area contributed by atoms with Crippen molar-refractivity contribution in [2.45, 2.75) is 32.2 Å². The van der Waals surface area contributed by atoms with Gasteiger partial charge in [-0.05, 0) is 25.3 Å². The highest BCUT2D eigenvalue weighted by Gasteiger charge is 2.24. The lowest BCUT2D eigenvalue weighted by Crippen LogP contribution is -2.17. The summed E-state index contributed by atoms with van der Waals surface area (Å²) in [5.41, 5.74) is 2.02. The standard InChI is InChI=1S/C15H16N4/c1-10(8-11-6-7-11)17-15-12-4-2-3-5-13(12)18-19-14(15)9-16/h2-5,10-11H,6-8H2,1H3,(H,17,18). The van der Waals surface area contributed by atoms with E-state index in [9.17, 15) is 5.26 Å². The number of hydrogen-bond acceptors (Lipinski definition) is 4. The lowest BCUT2D eigenvalue weighted by Gasteiger charge is -2.16. The summed E-state index contributed by atoms with van der Waals surface area (Å²) >= 11 is 0. The average Bonchev–Trinajstić information content (AvgIpc) is 3.23. The highest BCUT2D eigenvalue weighted by molar-refractivity contribution is 5.92. The van der Waals surface area contributed by atoms with Crippen LogP contribution < -0.4 is 5.32 Å². The minimum atomic E-state index is 0.354. The van der Waals surface area contributed by atoms with E-state index < -0.39 is 0 Å². The first-order valence-electron chi connectivity index (χ1n) is 6.70. The van der Waals surface area contributed by atoms with E-state index in [0.717, 1.165) is 28.9 Å². The number of fused-ring (bicyclic) bond motifs is 1. The van der Waals surface area contributed by atoms with Crippen molar-refractivity contribution < 1.29 is 0 Å². The topological polar surface area (TPSA) is 61.6 Å². The monoisotopic (exact) mass is 252 g/mol. The minimum absolute atomic E-state index is 0.354. The van der Waals surface area contributed by atoms with Crippen molar-refractivity contribution in [3.63, 3.8) is 0 Å². The molecule has 1 saturated carbocycles. The van der Waals surface area contributed by atoms with Crippen LogP contribution in [-0.2, 0) is 0 Å². The molecule has 4 heteroatoms. The highest BCUT2D eigenvalue weighted by atomic mass is 15.1. The fraction of sp³-hybridized carbons (Fsp3) is 0.400. The number of anilines is 1. The summed E-state index contributed by atoms with van der Waals surface area (Å²) in [6.07, 6.45) is 3.83. The van der Waals surface area contributed by atoms with E-state index in [2.05, 4.69) is 28.5 Å². The van der Waals surface area contributed by atoms with Crippen LogP contribution >= 0.6 is 0 Å².